The molecule has 0 spiro atoms. The van der Waals surface area contributed by atoms with Gasteiger partial charge in [0.2, 0.25) is 11.8 Å². The second-order valence-electron chi connectivity index (χ2n) is 9.95. The minimum absolute atomic E-state index is 0.0111. The number of rotatable bonds is 5. The van der Waals surface area contributed by atoms with E-state index in [9.17, 15) is 18.0 Å². The molecule has 1 aliphatic heterocycles. The Morgan fingerprint density at radius 3 is 2.53 bits per heavy atom. The van der Waals surface area contributed by atoms with E-state index in [1.165, 1.54) is 8.61 Å². The quantitative estimate of drug-likeness (QED) is 0.670. The van der Waals surface area contributed by atoms with E-state index in [-0.39, 0.29) is 36.2 Å². The molecule has 174 valence electrons. The van der Waals surface area contributed by atoms with Crippen molar-refractivity contribution < 1.29 is 18.0 Å². The van der Waals surface area contributed by atoms with Gasteiger partial charge in [-0.05, 0) is 74.5 Å². The van der Waals surface area contributed by atoms with Gasteiger partial charge in [-0.1, -0.05) is 17.7 Å². The first kappa shape index (κ1) is 22.0. The molecule has 2 atom stereocenters. The Bertz CT molecular complexity index is 1030. The minimum atomic E-state index is -3.83. The maximum Gasteiger partial charge on any atom is 0.304 e. The molecule has 3 N–H and O–H groups in total. The summed E-state index contributed by atoms with van der Waals surface area (Å²) in [5.41, 5.74) is 5.84. The second kappa shape index (κ2) is 7.88. The van der Waals surface area contributed by atoms with Crippen LogP contribution in [-0.4, -0.2) is 50.2 Å². The molecule has 0 radical (unpaired) electrons. The molecule has 8 nitrogen and oxygen atoms in total. The standard InChI is InChI=1S/C22H29ClN4O4S/c23-17-3-1-4-18(9-17)27-6-2-5-26(32(27,30)31)13-19(28)25-20-15-7-14-8-16(20)12-22(10-14,11-15)21(24)29/h1,3-4,9,14-16,20H,2,5-8,10-13H2,(H2,24,29)(H,25,28). The van der Waals surface area contributed by atoms with E-state index in [4.69, 9.17) is 17.3 Å². The van der Waals surface area contributed by atoms with E-state index in [2.05, 4.69) is 5.32 Å². The van der Waals surface area contributed by atoms with Crippen molar-refractivity contribution in [2.24, 2.45) is 28.9 Å². The molecule has 1 aromatic carbocycles. The molecule has 2 unspecified atom stereocenters. The van der Waals surface area contributed by atoms with Gasteiger partial charge in [-0.3, -0.25) is 13.9 Å². The van der Waals surface area contributed by atoms with Crippen molar-refractivity contribution in [1.29, 1.82) is 0 Å². The molecule has 1 saturated heterocycles. The number of halogens is 1. The molecule has 32 heavy (non-hydrogen) atoms. The van der Waals surface area contributed by atoms with Crippen molar-refractivity contribution >= 4 is 39.3 Å². The Kier molecular flexibility index (Phi) is 5.41. The van der Waals surface area contributed by atoms with Crippen molar-refractivity contribution in [3.63, 3.8) is 0 Å². The van der Waals surface area contributed by atoms with E-state index < -0.39 is 15.6 Å². The summed E-state index contributed by atoms with van der Waals surface area (Å²) in [5.74, 6) is 0.480. The van der Waals surface area contributed by atoms with Gasteiger partial charge in [-0.15, -0.1) is 0 Å². The van der Waals surface area contributed by atoms with Crippen LogP contribution in [0.5, 0.6) is 0 Å². The Hall–Kier alpha value is -1.84. The van der Waals surface area contributed by atoms with Crippen molar-refractivity contribution in [1.82, 2.24) is 9.62 Å². The molecule has 2 amide bonds. The average Bonchev–Trinajstić information content (AvgIpc) is 2.71. The molecule has 6 rings (SSSR count). The summed E-state index contributed by atoms with van der Waals surface area (Å²) in [4.78, 5) is 25.1. The molecule has 4 saturated carbocycles. The number of carbonyl (C=O) groups is 2. The zero-order valence-corrected chi connectivity index (χ0v) is 19.4. The SMILES string of the molecule is NC(=O)C12CC3CC(C1)C(NC(=O)CN1CCCN(c4cccc(Cl)c4)S1(=O)=O)C(C3)C2. The van der Waals surface area contributed by atoms with Crippen LogP contribution in [-0.2, 0) is 19.8 Å². The Morgan fingerprint density at radius 2 is 1.88 bits per heavy atom. The lowest BCUT2D eigenvalue weighted by atomic mass is 9.47. The molecular weight excluding hydrogens is 452 g/mol. The summed E-state index contributed by atoms with van der Waals surface area (Å²) < 4.78 is 28.9. The van der Waals surface area contributed by atoms with Crippen molar-refractivity contribution in [3.8, 4) is 0 Å². The topological polar surface area (TPSA) is 113 Å². The lowest BCUT2D eigenvalue weighted by Crippen LogP contribution is -2.63. The van der Waals surface area contributed by atoms with Crippen LogP contribution in [0.3, 0.4) is 0 Å². The van der Waals surface area contributed by atoms with Gasteiger partial charge in [0, 0.05) is 29.6 Å². The Balaban J connectivity index is 1.27. The van der Waals surface area contributed by atoms with Crippen LogP contribution in [0.15, 0.2) is 24.3 Å². The Labute approximate surface area is 193 Å². The predicted molar refractivity (Wildman–Crippen MR) is 121 cm³/mol. The lowest BCUT2D eigenvalue weighted by molar-refractivity contribution is -0.147. The third kappa shape index (κ3) is 3.68. The van der Waals surface area contributed by atoms with Crippen LogP contribution in [0.25, 0.3) is 0 Å². The van der Waals surface area contributed by atoms with E-state index in [0.717, 1.165) is 32.1 Å². The van der Waals surface area contributed by atoms with Crippen LogP contribution in [0, 0.1) is 23.2 Å². The van der Waals surface area contributed by atoms with Gasteiger partial charge in [0.05, 0.1) is 12.2 Å². The van der Waals surface area contributed by atoms with Gasteiger partial charge >= 0.3 is 10.2 Å². The fourth-order valence-corrected chi connectivity index (χ4v) is 8.61. The summed E-state index contributed by atoms with van der Waals surface area (Å²) in [5, 5.41) is 3.59. The second-order valence-corrected chi connectivity index (χ2v) is 12.2. The van der Waals surface area contributed by atoms with Crippen LogP contribution in [0.1, 0.15) is 38.5 Å². The number of nitrogens with two attached hydrogens (primary N) is 1. The first-order valence-corrected chi connectivity index (χ1v) is 13.1. The molecule has 5 fully saturated rings. The van der Waals surface area contributed by atoms with Crippen molar-refractivity contribution in [3.05, 3.63) is 29.3 Å². The highest BCUT2D eigenvalue weighted by atomic mass is 35.5. The fraction of sp³-hybridized carbons (Fsp3) is 0.636. The van der Waals surface area contributed by atoms with Gasteiger partial charge in [-0.2, -0.15) is 12.7 Å². The van der Waals surface area contributed by atoms with Crippen LogP contribution in [0.4, 0.5) is 5.69 Å². The zero-order valence-electron chi connectivity index (χ0n) is 17.9. The first-order chi connectivity index (χ1) is 15.2. The van der Waals surface area contributed by atoms with E-state index >= 15 is 0 Å². The third-order valence-corrected chi connectivity index (χ3v) is 10.1. The molecule has 10 heteroatoms. The summed E-state index contributed by atoms with van der Waals surface area (Å²) in [7, 11) is -3.83. The number of nitrogens with zero attached hydrogens (tertiary/aromatic N) is 2. The van der Waals surface area contributed by atoms with Gasteiger partial charge in [0.1, 0.15) is 0 Å². The minimum Gasteiger partial charge on any atom is -0.369 e. The molecule has 0 aromatic heterocycles. The highest BCUT2D eigenvalue weighted by Gasteiger charge is 2.58. The maximum absolute atomic E-state index is 13.2. The number of anilines is 1. The summed E-state index contributed by atoms with van der Waals surface area (Å²) in [6.45, 7) is 0.446. The molecule has 1 aromatic rings. The highest BCUT2D eigenvalue weighted by molar-refractivity contribution is 7.90. The van der Waals surface area contributed by atoms with Crippen molar-refractivity contribution in [2.75, 3.05) is 23.9 Å². The lowest BCUT2D eigenvalue weighted by Gasteiger charge is -2.58. The van der Waals surface area contributed by atoms with Gasteiger partial charge < -0.3 is 11.1 Å². The Morgan fingerprint density at radius 1 is 1.16 bits per heavy atom. The van der Waals surface area contributed by atoms with E-state index in [1.807, 2.05) is 0 Å². The number of nitrogens with one attached hydrogen (secondary N) is 1. The predicted octanol–water partition coefficient (Wildman–Crippen LogP) is 1.89. The van der Waals surface area contributed by atoms with Crippen molar-refractivity contribution in [2.45, 2.75) is 44.6 Å². The summed E-state index contributed by atoms with van der Waals surface area (Å²) in [6, 6.07) is 6.72. The molecule has 5 aliphatic rings. The largest absolute Gasteiger partial charge is 0.369 e. The molecule has 4 bridgehead atoms. The third-order valence-electron chi connectivity index (χ3n) is 7.91. The number of hydrogen-bond donors (Lipinski definition) is 2. The molecular formula is C22H29ClN4O4S. The number of hydrogen-bond acceptors (Lipinski definition) is 4. The average molecular weight is 481 g/mol. The smallest absolute Gasteiger partial charge is 0.304 e. The van der Waals surface area contributed by atoms with Gasteiger partial charge in [-0.25, -0.2) is 0 Å². The van der Waals surface area contributed by atoms with Gasteiger partial charge in [0.25, 0.3) is 0 Å². The number of benzene rings is 1. The number of carbonyl (C=O) groups excluding carboxylic acids is 2. The number of primary amides is 1. The maximum atomic E-state index is 13.2. The van der Waals surface area contributed by atoms with Crippen LogP contribution >= 0.6 is 11.6 Å². The van der Waals surface area contributed by atoms with Gasteiger partial charge in [0.15, 0.2) is 0 Å². The van der Waals surface area contributed by atoms with E-state index in [0.29, 0.717) is 36.1 Å². The van der Waals surface area contributed by atoms with Crippen LogP contribution < -0.4 is 15.4 Å². The first-order valence-electron chi connectivity index (χ1n) is 11.3. The monoisotopic (exact) mass is 480 g/mol. The molecule has 4 aliphatic carbocycles. The summed E-state index contributed by atoms with van der Waals surface area (Å²) >= 11 is 6.05. The molecule has 1 heterocycles. The normalized spacial score (nSPS) is 35.6. The fourth-order valence-electron chi connectivity index (χ4n) is 6.77. The number of amides is 2. The highest BCUT2D eigenvalue weighted by Crippen LogP contribution is 2.59. The van der Waals surface area contributed by atoms with Crippen LogP contribution in [0.2, 0.25) is 5.02 Å². The summed E-state index contributed by atoms with van der Waals surface area (Å²) in [6.07, 6.45) is 4.95. The van der Waals surface area contributed by atoms with E-state index in [1.54, 1.807) is 24.3 Å². The zero-order chi connectivity index (χ0) is 22.7.